The van der Waals surface area contributed by atoms with Crippen molar-refractivity contribution in [2.45, 2.75) is 0 Å². The quantitative estimate of drug-likeness (QED) is 0.161. The van der Waals surface area contributed by atoms with E-state index < -0.39 is 0 Å². The molecule has 0 N–H and O–H groups in total. The molecular formula is C107H66N6. The number of benzene rings is 19. The molecule has 0 aliphatic carbocycles. The fourth-order valence-electron chi connectivity index (χ4n) is 18.1. The zero-order valence-electron chi connectivity index (χ0n) is 61.3. The summed E-state index contributed by atoms with van der Waals surface area (Å²) < 4.78 is 7.05. The minimum absolute atomic E-state index is 1.01. The van der Waals surface area contributed by atoms with Crippen LogP contribution in [0.5, 0.6) is 0 Å². The first-order valence-electron chi connectivity index (χ1n) is 38.7. The average Bonchev–Trinajstić information content (AvgIpc) is 1.64. The van der Waals surface area contributed by atoms with Crippen LogP contribution in [0.4, 0.5) is 0 Å². The summed E-state index contributed by atoms with van der Waals surface area (Å²) in [6.07, 6.45) is 0. The van der Waals surface area contributed by atoms with E-state index in [1.54, 1.807) is 0 Å². The predicted molar refractivity (Wildman–Crippen MR) is 478 cm³/mol. The van der Waals surface area contributed by atoms with Crippen LogP contribution in [0.2, 0.25) is 0 Å². The molecule has 113 heavy (non-hydrogen) atoms. The van der Waals surface area contributed by atoms with Gasteiger partial charge in [0, 0.05) is 32.3 Å². The Kier molecular flexibility index (Phi) is 14.6. The van der Waals surface area contributed by atoms with Gasteiger partial charge in [0.15, 0.2) is 0 Å². The second-order valence-corrected chi connectivity index (χ2v) is 29.7. The lowest BCUT2D eigenvalue weighted by Crippen LogP contribution is -1.93. The normalized spacial score (nSPS) is 11.9. The minimum atomic E-state index is 1.01. The standard InChI is InChI=1S/2C39H24N2.C29H18N2/c1-3-11-30-26(8-1)10-7-13-31(30)28-18-16-25(17-19-28)29-21-22-33-34-23-20-27-9-2-4-12-32(27)38(34)39-40-35-14-5-6-15-36(35)41(39)37(33)24-29;1-2-9-29-23-30(18-17-25(29)7-1)26-13-15-27(16-14-26)31-20-21-33-34-22-19-28-8-3-4-10-32(28)38(34)39-40-35-11-5-6-12-36(35)41(39)37(33)24-31;1-2-8-19(9-3-1)21-15-16-23-24-17-14-20-10-4-5-11-22(20)28(24)29-30-25-12-6-7-13-26(25)31(29)27(23)18-21/h2*1-24H;1-18H. The van der Waals surface area contributed by atoms with Crippen molar-refractivity contribution in [2.24, 2.45) is 0 Å². The van der Waals surface area contributed by atoms with Crippen molar-refractivity contribution in [2.75, 3.05) is 0 Å². The van der Waals surface area contributed by atoms with E-state index in [0.29, 0.717) is 0 Å². The van der Waals surface area contributed by atoms with Crippen molar-refractivity contribution in [1.29, 1.82) is 0 Å². The number of hydrogen-bond donors (Lipinski definition) is 0. The van der Waals surface area contributed by atoms with Crippen LogP contribution in [-0.4, -0.2) is 28.2 Å². The molecule has 0 bridgehead atoms. The molecule has 0 saturated heterocycles. The smallest absolute Gasteiger partial charge is 0.147 e. The Hall–Kier alpha value is -15.1. The molecule has 6 nitrogen and oxygen atoms in total. The summed E-state index contributed by atoms with van der Waals surface area (Å²) in [4.78, 5) is 15.5. The summed E-state index contributed by atoms with van der Waals surface area (Å²) in [5.74, 6) is 0. The Morgan fingerprint density at radius 3 is 0.858 bits per heavy atom. The molecule has 0 aliphatic heterocycles. The van der Waals surface area contributed by atoms with Gasteiger partial charge in [0.05, 0.1) is 49.7 Å². The largest absolute Gasteiger partial charge is 0.292 e. The van der Waals surface area contributed by atoms with Gasteiger partial charge in [0.2, 0.25) is 0 Å². The number of rotatable bonds is 5. The third kappa shape index (κ3) is 10.4. The number of imidazole rings is 3. The van der Waals surface area contributed by atoms with E-state index in [4.69, 9.17) is 15.0 Å². The van der Waals surface area contributed by atoms with Crippen LogP contribution in [0.3, 0.4) is 0 Å². The number of nitrogens with zero attached hydrogens (tertiary/aromatic N) is 6. The first-order valence-corrected chi connectivity index (χ1v) is 38.7. The number of aromatic nitrogens is 6. The maximum Gasteiger partial charge on any atom is 0.147 e. The molecular weight excluding hydrogens is 1370 g/mol. The van der Waals surface area contributed by atoms with E-state index in [1.807, 2.05) is 0 Å². The van der Waals surface area contributed by atoms with Gasteiger partial charge in [-0.25, -0.2) is 15.0 Å². The summed E-state index contributed by atoms with van der Waals surface area (Å²) >= 11 is 0. The number of hydrogen-bond acceptors (Lipinski definition) is 3. The molecule has 524 valence electrons. The van der Waals surface area contributed by atoms with Gasteiger partial charge < -0.3 is 0 Å². The highest BCUT2D eigenvalue weighted by Gasteiger charge is 2.22. The zero-order chi connectivity index (χ0) is 74.2. The van der Waals surface area contributed by atoms with E-state index in [1.165, 1.54) is 175 Å². The van der Waals surface area contributed by atoms with Gasteiger partial charge in [0.25, 0.3) is 0 Å². The highest BCUT2D eigenvalue weighted by atomic mass is 15.0. The highest BCUT2D eigenvalue weighted by molar-refractivity contribution is 6.26. The third-order valence-electron chi connectivity index (χ3n) is 23.5. The van der Waals surface area contributed by atoms with Crippen molar-refractivity contribution in [3.63, 3.8) is 0 Å². The molecule has 25 rings (SSSR count). The van der Waals surface area contributed by atoms with Crippen LogP contribution >= 0.6 is 0 Å². The van der Waals surface area contributed by atoms with Crippen molar-refractivity contribution in [1.82, 2.24) is 28.2 Å². The first-order chi connectivity index (χ1) is 56.0. The number of fused-ring (bicyclic) bond motifs is 32. The molecule has 0 aliphatic rings. The Bertz CT molecular complexity index is 8220. The van der Waals surface area contributed by atoms with Gasteiger partial charge in [-0.1, -0.05) is 340 Å². The molecule has 0 amide bonds. The van der Waals surface area contributed by atoms with Crippen LogP contribution < -0.4 is 0 Å². The van der Waals surface area contributed by atoms with E-state index >= 15 is 0 Å². The van der Waals surface area contributed by atoms with Gasteiger partial charge >= 0.3 is 0 Å². The van der Waals surface area contributed by atoms with Crippen LogP contribution in [0.15, 0.2) is 400 Å². The molecule has 6 heteroatoms. The van der Waals surface area contributed by atoms with Crippen molar-refractivity contribution in [3.05, 3.63) is 400 Å². The van der Waals surface area contributed by atoms with E-state index in [9.17, 15) is 0 Å². The fraction of sp³-hybridized carbons (Fsp3) is 0. The van der Waals surface area contributed by atoms with Gasteiger partial charge in [-0.05, 0) is 186 Å². The summed E-state index contributed by atoms with van der Waals surface area (Å²) in [5.41, 5.74) is 25.2. The zero-order valence-corrected chi connectivity index (χ0v) is 61.3. The molecule has 19 aromatic carbocycles. The van der Waals surface area contributed by atoms with Crippen LogP contribution in [0, 0.1) is 0 Å². The molecule has 6 heterocycles. The van der Waals surface area contributed by atoms with Crippen LogP contribution in [-0.2, 0) is 0 Å². The molecule has 0 radical (unpaired) electrons. The van der Waals surface area contributed by atoms with Gasteiger partial charge in [-0.2, -0.15) is 0 Å². The maximum atomic E-state index is 5.18. The lowest BCUT2D eigenvalue weighted by molar-refractivity contribution is 1.32. The number of para-hydroxylation sites is 6. The minimum Gasteiger partial charge on any atom is -0.292 e. The molecule has 0 spiro atoms. The Morgan fingerprint density at radius 1 is 0.150 bits per heavy atom. The second-order valence-electron chi connectivity index (χ2n) is 29.7. The highest BCUT2D eigenvalue weighted by Crippen LogP contribution is 2.44. The Balaban J connectivity index is 0.000000102. The van der Waals surface area contributed by atoms with Gasteiger partial charge in [-0.15, -0.1) is 0 Å². The van der Waals surface area contributed by atoms with Crippen LogP contribution in [0.25, 0.3) is 225 Å². The molecule has 0 fully saturated rings. The summed E-state index contributed by atoms with van der Waals surface area (Å²) in [5, 5.41) is 23.6. The summed E-state index contributed by atoms with van der Waals surface area (Å²) in [6.45, 7) is 0. The van der Waals surface area contributed by atoms with Crippen molar-refractivity contribution < 1.29 is 0 Å². The van der Waals surface area contributed by atoms with Gasteiger partial charge in [0.1, 0.15) is 16.9 Å². The lowest BCUT2D eigenvalue weighted by atomic mass is 9.95. The van der Waals surface area contributed by atoms with Gasteiger partial charge in [-0.3, -0.25) is 13.2 Å². The molecule has 25 aromatic rings. The monoisotopic (exact) mass is 1430 g/mol. The fourth-order valence-corrected chi connectivity index (χ4v) is 18.1. The topological polar surface area (TPSA) is 51.9 Å². The average molecular weight is 1440 g/mol. The van der Waals surface area contributed by atoms with E-state index in [0.717, 1.165) is 50.0 Å². The van der Waals surface area contributed by atoms with Crippen LogP contribution in [0.1, 0.15) is 0 Å². The summed E-state index contributed by atoms with van der Waals surface area (Å²) in [7, 11) is 0. The van der Waals surface area contributed by atoms with Crippen molar-refractivity contribution >= 4 is 169 Å². The third-order valence-corrected chi connectivity index (χ3v) is 23.5. The van der Waals surface area contributed by atoms with Crippen molar-refractivity contribution in [3.8, 4) is 55.6 Å². The lowest BCUT2D eigenvalue weighted by Gasteiger charge is -2.13. The van der Waals surface area contributed by atoms with E-state index in [2.05, 4.69) is 414 Å². The van der Waals surface area contributed by atoms with E-state index in [-0.39, 0.29) is 0 Å². The Morgan fingerprint density at radius 2 is 0.434 bits per heavy atom. The first kappa shape index (κ1) is 63.9. The SMILES string of the molecule is c1ccc(-c2ccc3c4ccc5ccccc5c4c4nc5ccccc5n4c3c2)cc1.c1ccc2c(-c3ccc(-c4ccc5c6ccc7ccccc7c6c6nc7ccccc7n6c5c4)cc3)cccc2c1.c1ccc2cc(-c3ccc(-c4ccc5c6ccc7ccccc7c6c6nc7ccccc7n6c5c4)cc3)ccc2c1. The second kappa shape index (κ2) is 25.8. The molecule has 0 saturated carbocycles. The molecule has 6 aromatic heterocycles. The Labute approximate surface area is 648 Å². The molecule has 0 atom stereocenters. The maximum absolute atomic E-state index is 5.18. The summed E-state index contributed by atoms with van der Waals surface area (Å²) in [6, 6.07) is 144. The number of pyridine rings is 3. The predicted octanol–water partition coefficient (Wildman–Crippen LogP) is 28.5. The molecule has 0 unspecified atom stereocenters.